The second-order valence-electron chi connectivity index (χ2n) is 7.16. The molecule has 1 aliphatic heterocycles. The fourth-order valence-corrected chi connectivity index (χ4v) is 3.85. The average molecular weight is 482 g/mol. The summed E-state index contributed by atoms with van der Waals surface area (Å²) in [6.45, 7) is 2.74. The number of carboxylic acids is 1. The number of alkyl halides is 3. The Morgan fingerprint density at radius 1 is 1.15 bits per heavy atom. The fraction of sp³-hybridized carbons (Fsp3) is 0.350. The summed E-state index contributed by atoms with van der Waals surface area (Å²) in [6.07, 6.45) is 0.594. The van der Waals surface area contributed by atoms with Gasteiger partial charge in [-0.3, -0.25) is 9.48 Å². The minimum Gasteiger partial charge on any atom is -0.475 e. The average Bonchev–Trinajstić information content (AvgIpc) is 3.41. The van der Waals surface area contributed by atoms with Crippen LogP contribution in [0.3, 0.4) is 0 Å². The lowest BCUT2D eigenvalue weighted by Crippen LogP contribution is -2.37. The van der Waals surface area contributed by atoms with Gasteiger partial charge < -0.3 is 15.3 Å². The van der Waals surface area contributed by atoms with E-state index < -0.39 is 12.1 Å². The van der Waals surface area contributed by atoms with Crippen molar-refractivity contribution in [1.29, 1.82) is 0 Å². The predicted molar refractivity (Wildman–Crippen MR) is 113 cm³/mol. The van der Waals surface area contributed by atoms with E-state index in [1.807, 2.05) is 33.2 Å². The van der Waals surface area contributed by atoms with Crippen LogP contribution in [0.15, 0.2) is 48.2 Å². The molecule has 0 aliphatic carbocycles. The molecule has 3 aromatic rings. The summed E-state index contributed by atoms with van der Waals surface area (Å²) in [5.74, 6) is -1.77. The third kappa shape index (κ3) is 7.27. The summed E-state index contributed by atoms with van der Waals surface area (Å²) in [7, 11) is 0. The molecule has 0 saturated heterocycles. The second kappa shape index (κ2) is 10.9. The van der Waals surface area contributed by atoms with Gasteiger partial charge in [0.25, 0.3) is 0 Å². The number of halogens is 3. The van der Waals surface area contributed by atoms with Crippen molar-refractivity contribution in [2.24, 2.45) is 5.92 Å². The SMILES string of the molecule is O=C(Cc1cccs1)N1Cc2ccnn2CC(CNc2ncccn2)C1.O=C(O)C(F)(F)F. The molecule has 4 heterocycles. The highest BCUT2D eigenvalue weighted by atomic mass is 32.1. The molecule has 1 atom stereocenters. The number of fused-ring (bicyclic) bond motifs is 1. The van der Waals surface area contributed by atoms with E-state index in [0.29, 0.717) is 32.0 Å². The molecule has 2 N–H and O–H groups in total. The Bertz CT molecular complexity index is 1040. The standard InChI is InChI=1S/C18H20N6OS.C2HF3O2/c25-17(9-16-3-1-8-26-16)23-11-14(10-21-18-19-5-2-6-20-18)12-24-15(13-23)4-7-22-24;3-2(4,5)1(6)7/h1-8,14H,9-13H2,(H,19,20,21);(H,6,7). The van der Waals surface area contributed by atoms with E-state index >= 15 is 0 Å². The Morgan fingerprint density at radius 2 is 1.88 bits per heavy atom. The van der Waals surface area contributed by atoms with Gasteiger partial charge in [-0.05, 0) is 23.6 Å². The molecule has 1 amide bonds. The minimum atomic E-state index is -5.08. The molecule has 0 radical (unpaired) electrons. The number of nitrogens with one attached hydrogen (secondary N) is 1. The van der Waals surface area contributed by atoms with E-state index in [4.69, 9.17) is 9.90 Å². The number of carbonyl (C=O) groups is 2. The maximum absolute atomic E-state index is 12.8. The quantitative estimate of drug-likeness (QED) is 0.575. The van der Waals surface area contributed by atoms with E-state index in [2.05, 4.69) is 20.4 Å². The van der Waals surface area contributed by atoms with Crippen molar-refractivity contribution in [2.45, 2.75) is 25.7 Å². The Kier molecular flexibility index (Phi) is 7.98. The van der Waals surface area contributed by atoms with E-state index in [1.165, 1.54) is 0 Å². The lowest BCUT2D eigenvalue weighted by atomic mass is 10.1. The zero-order valence-electron chi connectivity index (χ0n) is 17.3. The summed E-state index contributed by atoms with van der Waals surface area (Å²) in [5, 5.41) is 16.8. The second-order valence-corrected chi connectivity index (χ2v) is 8.19. The highest BCUT2D eigenvalue weighted by Gasteiger charge is 2.38. The number of carbonyl (C=O) groups excluding carboxylic acids is 1. The Balaban J connectivity index is 0.000000383. The first-order chi connectivity index (χ1) is 15.7. The van der Waals surface area contributed by atoms with Gasteiger partial charge in [0.05, 0.1) is 18.7 Å². The Morgan fingerprint density at radius 3 is 2.52 bits per heavy atom. The number of aliphatic carboxylic acids is 1. The number of thiophene rings is 1. The molecule has 1 unspecified atom stereocenters. The van der Waals surface area contributed by atoms with Crippen molar-refractivity contribution in [3.8, 4) is 0 Å². The molecular weight excluding hydrogens is 461 g/mol. The van der Waals surface area contributed by atoms with Crippen LogP contribution in [0.4, 0.5) is 19.1 Å². The van der Waals surface area contributed by atoms with Gasteiger partial charge in [-0.15, -0.1) is 11.3 Å². The molecule has 3 aromatic heterocycles. The van der Waals surface area contributed by atoms with E-state index in [1.54, 1.807) is 36.0 Å². The molecule has 9 nitrogen and oxygen atoms in total. The van der Waals surface area contributed by atoms with Gasteiger partial charge in [0, 0.05) is 49.0 Å². The number of hydrogen-bond donors (Lipinski definition) is 2. The predicted octanol–water partition coefficient (Wildman–Crippen LogP) is 2.68. The van der Waals surface area contributed by atoms with Crippen molar-refractivity contribution < 1.29 is 27.9 Å². The number of hydrogen-bond acceptors (Lipinski definition) is 7. The van der Waals surface area contributed by atoms with E-state index in [-0.39, 0.29) is 11.8 Å². The number of rotatable bonds is 5. The number of carboxylic acid groups (broad SMARTS) is 1. The molecule has 33 heavy (non-hydrogen) atoms. The zero-order chi connectivity index (χ0) is 23.8. The normalized spacial score (nSPS) is 15.6. The highest BCUT2D eigenvalue weighted by molar-refractivity contribution is 7.10. The number of nitrogens with zero attached hydrogens (tertiary/aromatic N) is 5. The summed E-state index contributed by atoms with van der Waals surface area (Å²) in [5.41, 5.74) is 1.07. The molecule has 0 spiro atoms. The van der Waals surface area contributed by atoms with Crippen molar-refractivity contribution >= 4 is 29.2 Å². The van der Waals surface area contributed by atoms with Gasteiger partial charge in [0.1, 0.15) is 0 Å². The summed E-state index contributed by atoms with van der Waals surface area (Å²) in [6, 6.07) is 7.77. The van der Waals surface area contributed by atoms with Gasteiger partial charge in [0.2, 0.25) is 11.9 Å². The minimum absolute atomic E-state index is 0.156. The smallest absolute Gasteiger partial charge is 0.475 e. The van der Waals surface area contributed by atoms with Crippen LogP contribution >= 0.6 is 11.3 Å². The van der Waals surface area contributed by atoms with Gasteiger partial charge in [-0.1, -0.05) is 6.07 Å². The third-order valence-corrected chi connectivity index (χ3v) is 5.56. The third-order valence-electron chi connectivity index (χ3n) is 4.68. The van der Waals surface area contributed by atoms with Gasteiger partial charge in [0.15, 0.2) is 0 Å². The van der Waals surface area contributed by atoms with Crippen molar-refractivity contribution in [1.82, 2.24) is 24.6 Å². The zero-order valence-corrected chi connectivity index (χ0v) is 18.1. The first-order valence-electron chi connectivity index (χ1n) is 9.84. The molecule has 13 heteroatoms. The largest absolute Gasteiger partial charge is 0.490 e. The lowest BCUT2D eigenvalue weighted by Gasteiger charge is -2.24. The van der Waals surface area contributed by atoms with Crippen LogP contribution in [0.1, 0.15) is 10.6 Å². The number of anilines is 1. The first kappa shape index (κ1) is 24.2. The molecule has 0 aromatic carbocycles. The van der Waals surface area contributed by atoms with Crippen molar-refractivity contribution in [2.75, 3.05) is 18.4 Å². The number of aromatic nitrogens is 4. The molecule has 4 rings (SSSR count). The molecule has 176 valence electrons. The highest BCUT2D eigenvalue weighted by Crippen LogP contribution is 2.19. The molecular formula is C20H21F3N6O3S. The molecule has 1 aliphatic rings. The van der Waals surface area contributed by atoms with Crippen LogP contribution < -0.4 is 5.32 Å². The van der Waals surface area contributed by atoms with Crippen LogP contribution in [0.5, 0.6) is 0 Å². The fourth-order valence-electron chi connectivity index (χ4n) is 3.15. The van der Waals surface area contributed by atoms with Gasteiger partial charge >= 0.3 is 12.1 Å². The molecule has 0 saturated carbocycles. The van der Waals surface area contributed by atoms with Crippen molar-refractivity contribution in [3.63, 3.8) is 0 Å². The van der Waals surface area contributed by atoms with Crippen LogP contribution in [-0.2, 0) is 29.1 Å². The molecule has 0 bridgehead atoms. The van der Waals surface area contributed by atoms with Gasteiger partial charge in [-0.2, -0.15) is 18.3 Å². The summed E-state index contributed by atoms with van der Waals surface area (Å²) < 4.78 is 33.7. The lowest BCUT2D eigenvalue weighted by molar-refractivity contribution is -0.192. The maximum atomic E-state index is 12.8. The van der Waals surface area contributed by atoms with Crippen molar-refractivity contribution in [3.05, 3.63) is 58.8 Å². The summed E-state index contributed by atoms with van der Waals surface area (Å²) >= 11 is 1.62. The summed E-state index contributed by atoms with van der Waals surface area (Å²) in [4.78, 5) is 33.2. The number of amides is 1. The van der Waals surface area contributed by atoms with E-state index in [9.17, 15) is 18.0 Å². The Labute approximate surface area is 190 Å². The maximum Gasteiger partial charge on any atom is 0.490 e. The Hall–Kier alpha value is -3.48. The monoisotopic (exact) mass is 482 g/mol. The van der Waals surface area contributed by atoms with Gasteiger partial charge in [-0.25, -0.2) is 14.8 Å². The van der Waals surface area contributed by atoms with Crippen LogP contribution in [-0.4, -0.2) is 60.9 Å². The van der Waals surface area contributed by atoms with Crippen LogP contribution in [0.2, 0.25) is 0 Å². The first-order valence-corrected chi connectivity index (χ1v) is 10.7. The van der Waals surface area contributed by atoms with E-state index in [0.717, 1.165) is 17.1 Å². The topological polar surface area (TPSA) is 113 Å². The van der Waals surface area contributed by atoms with Crippen LogP contribution in [0.25, 0.3) is 0 Å². The van der Waals surface area contributed by atoms with Crippen LogP contribution in [0, 0.1) is 5.92 Å². The molecule has 0 fully saturated rings.